The van der Waals surface area contributed by atoms with Crippen molar-refractivity contribution in [3.63, 3.8) is 0 Å². The summed E-state index contributed by atoms with van der Waals surface area (Å²) in [5.74, 6) is 0.0622. The molecule has 4 rings (SSSR count). The number of likely N-dealkylation sites (tertiary alicyclic amines) is 1. The fourth-order valence-corrected chi connectivity index (χ4v) is 4.25. The molecule has 1 saturated heterocycles. The van der Waals surface area contributed by atoms with Crippen LogP contribution in [-0.2, 0) is 4.79 Å². The van der Waals surface area contributed by atoms with Crippen molar-refractivity contribution in [3.05, 3.63) is 70.2 Å². The first kappa shape index (κ1) is 18.2. The number of nitrogens with zero attached hydrogens (tertiary/aromatic N) is 3. The monoisotopic (exact) mass is 381 g/mol. The number of hydrogen-bond acceptors (Lipinski definition) is 3. The number of amides is 1. The van der Waals surface area contributed by atoms with Crippen LogP contribution in [0.25, 0.3) is 0 Å². The molecule has 1 fully saturated rings. The van der Waals surface area contributed by atoms with Crippen LogP contribution in [0.1, 0.15) is 42.0 Å². The number of halogens is 1. The van der Waals surface area contributed by atoms with Gasteiger partial charge < -0.3 is 0 Å². The molecule has 0 radical (unpaired) electrons. The summed E-state index contributed by atoms with van der Waals surface area (Å²) in [5.41, 5.74) is 4.12. The lowest BCUT2D eigenvalue weighted by Gasteiger charge is -2.25. The van der Waals surface area contributed by atoms with Crippen LogP contribution >= 0.6 is 11.6 Å². The summed E-state index contributed by atoms with van der Waals surface area (Å²) in [5, 5.41) is 7.12. The van der Waals surface area contributed by atoms with Gasteiger partial charge in [-0.3, -0.25) is 9.69 Å². The zero-order valence-corrected chi connectivity index (χ0v) is 16.3. The van der Waals surface area contributed by atoms with Crippen LogP contribution in [0.15, 0.2) is 53.6 Å². The van der Waals surface area contributed by atoms with Gasteiger partial charge in [-0.05, 0) is 50.0 Å². The molecular formula is C22H24ClN3O. The van der Waals surface area contributed by atoms with Gasteiger partial charge in [0.05, 0.1) is 18.3 Å². The van der Waals surface area contributed by atoms with E-state index in [1.165, 1.54) is 18.4 Å². The number of rotatable bonds is 4. The van der Waals surface area contributed by atoms with Crippen molar-refractivity contribution in [2.24, 2.45) is 5.10 Å². The molecular weight excluding hydrogens is 358 g/mol. The maximum Gasteiger partial charge on any atom is 0.257 e. The molecule has 27 heavy (non-hydrogen) atoms. The molecule has 0 bridgehead atoms. The summed E-state index contributed by atoms with van der Waals surface area (Å²) in [6, 6.07) is 15.9. The average molecular weight is 382 g/mol. The van der Waals surface area contributed by atoms with Crippen LogP contribution in [0.4, 0.5) is 0 Å². The normalized spacial score (nSPS) is 20.1. The van der Waals surface area contributed by atoms with E-state index in [0.717, 1.165) is 29.9 Å². The molecule has 2 aliphatic heterocycles. The molecule has 2 heterocycles. The summed E-state index contributed by atoms with van der Waals surface area (Å²) in [6.07, 6.45) is 3.02. The van der Waals surface area contributed by atoms with Crippen molar-refractivity contribution in [1.29, 1.82) is 0 Å². The Bertz CT molecular complexity index is 873. The third-order valence-electron chi connectivity index (χ3n) is 5.46. The molecule has 0 saturated carbocycles. The Kier molecular flexibility index (Phi) is 5.28. The van der Waals surface area contributed by atoms with Gasteiger partial charge in [-0.1, -0.05) is 54.1 Å². The van der Waals surface area contributed by atoms with E-state index in [9.17, 15) is 4.79 Å². The number of benzene rings is 2. The molecule has 5 heteroatoms. The lowest BCUT2D eigenvalue weighted by Crippen LogP contribution is -2.37. The second kappa shape index (κ2) is 7.83. The lowest BCUT2D eigenvalue weighted by molar-refractivity contribution is -0.134. The molecule has 1 unspecified atom stereocenters. The molecule has 1 amide bonds. The van der Waals surface area contributed by atoms with Crippen molar-refractivity contribution in [2.45, 2.75) is 32.2 Å². The van der Waals surface area contributed by atoms with Gasteiger partial charge in [-0.25, -0.2) is 5.01 Å². The Labute approximate surface area is 165 Å². The summed E-state index contributed by atoms with van der Waals surface area (Å²) in [6.45, 7) is 4.51. The molecule has 2 aromatic rings. The summed E-state index contributed by atoms with van der Waals surface area (Å²) in [4.78, 5) is 15.3. The average Bonchev–Trinajstić information content (AvgIpc) is 3.32. The van der Waals surface area contributed by atoms with Gasteiger partial charge in [-0.2, -0.15) is 5.10 Å². The zero-order chi connectivity index (χ0) is 18.8. The third kappa shape index (κ3) is 3.78. The first-order chi connectivity index (χ1) is 13.1. The van der Waals surface area contributed by atoms with Crippen molar-refractivity contribution in [3.8, 4) is 0 Å². The van der Waals surface area contributed by atoms with E-state index < -0.39 is 0 Å². The van der Waals surface area contributed by atoms with Gasteiger partial charge in [0.1, 0.15) is 0 Å². The van der Waals surface area contributed by atoms with Crippen LogP contribution in [0.2, 0.25) is 5.02 Å². The van der Waals surface area contributed by atoms with Gasteiger partial charge in [0.15, 0.2) is 0 Å². The Balaban J connectivity index is 1.66. The van der Waals surface area contributed by atoms with Crippen LogP contribution in [0, 0.1) is 6.92 Å². The van der Waals surface area contributed by atoms with Crippen molar-refractivity contribution in [2.75, 3.05) is 19.6 Å². The summed E-state index contributed by atoms with van der Waals surface area (Å²) >= 11 is 6.40. The van der Waals surface area contributed by atoms with Gasteiger partial charge in [0.25, 0.3) is 5.91 Å². The van der Waals surface area contributed by atoms with Gasteiger partial charge >= 0.3 is 0 Å². The van der Waals surface area contributed by atoms with Crippen LogP contribution in [-0.4, -0.2) is 41.2 Å². The molecule has 1 atom stereocenters. The molecule has 2 aliphatic rings. The molecule has 0 aromatic heterocycles. The van der Waals surface area contributed by atoms with E-state index >= 15 is 0 Å². The van der Waals surface area contributed by atoms with E-state index in [1.54, 1.807) is 5.01 Å². The third-order valence-corrected chi connectivity index (χ3v) is 5.79. The molecule has 0 N–H and O–H groups in total. The molecule has 0 spiro atoms. The zero-order valence-electron chi connectivity index (χ0n) is 15.6. The minimum atomic E-state index is -0.0763. The molecule has 140 valence electrons. The fraction of sp³-hybridized carbons (Fsp3) is 0.364. The fourth-order valence-electron chi connectivity index (χ4n) is 4.01. The van der Waals surface area contributed by atoms with E-state index in [2.05, 4.69) is 24.0 Å². The van der Waals surface area contributed by atoms with Crippen molar-refractivity contribution in [1.82, 2.24) is 9.91 Å². The highest BCUT2D eigenvalue weighted by Gasteiger charge is 2.35. The standard InChI is InChI=1S/C22H24ClN3O/c1-16-8-2-3-9-17(16)21-14-20(18-10-4-5-11-19(18)23)24-26(21)22(27)15-25-12-6-7-13-25/h2-5,8-11,21H,6-7,12-15H2,1H3. The Hall–Kier alpha value is -2.17. The molecule has 0 aliphatic carbocycles. The molecule has 2 aromatic carbocycles. The number of aryl methyl sites for hydroxylation is 1. The van der Waals surface area contributed by atoms with E-state index in [4.69, 9.17) is 16.7 Å². The van der Waals surface area contributed by atoms with Crippen LogP contribution < -0.4 is 0 Å². The minimum Gasteiger partial charge on any atom is -0.294 e. The predicted octanol–water partition coefficient (Wildman–Crippen LogP) is 4.42. The largest absolute Gasteiger partial charge is 0.294 e. The quantitative estimate of drug-likeness (QED) is 0.785. The Morgan fingerprint density at radius 3 is 2.56 bits per heavy atom. The highest BCUT2D eigenvalue weighted by atomic mass is 35.5. The Morgan fingerprint density at radius 2 is 1.81 bits per heavy atom. The number of hydrogen-bond donors (Lipinski definition) is 0. The van der Waals surface area contributed by atoms with E-state index in [1.807, 2.05) is 36.4 Å². The summed E-state index contributed by atoms with van der Waals surface area (Å²) < 4.78 is 0. The second-order valence-electron chi connectivity index (χ2n) is 7.32. The van der Waals surface area contributed by atoms with Gasteiger partial charge in [0.2, 0.25) is 0 Å². The van der Waals surface area contributed by atoms with Gasteiger partial charge in [-0.15, -0.1) is 0 Å². The van der Waals surface area contributed by atoms with Crippen molar-refractivity contribution >= 4 is 23.2 Å². The maximum absolute atomic E-state index is 13.1. The number of carbonyl (C=O) groups excluding carboxylic acids is 1. The highest BCUT2D eigenvalue weighted by molar-refractivity contribution is 6.34. The first-order valence-electron chi connectivity index (χ1n) is 9.56. The minimum absolute atomic E-state index is 0.0622. The Morgan fingerprint density at radius 1 is 1.11 bits per heavy atom. The van der Waals surface area contributed by atoms with Crippen LogP contribution in [0.5, 0.6) is 0 Å². The van der Waals surface area contributed by atoms with Gasteiger partial charge in [0, 0.05) is 17.0 Å². The van der Waals surface area contributed by atoms with E-state index in [-0.39, 0.29) is 11.9 Å². The van der Waals surface area contributed by atoms with E-state index in [0.29, 0.717) is 18.0 Å². The maximum atomic E-state index is 13.1. The topological polar surface area (TPSA) is 35.9 Å². The smallest absolute Gasteiger partial charge is 0.257 e. The predicted molar refractivity (Wildman–Crippen MR) is 109 cm³/mol. The second-order valence-corrected chi connectivity index (χ2v) is 7.73. The summed E-state index contributed by atoms with van der Waals surface area (Å²) in [7, 11) is 0. The van der Waals surface area contributed by atoms with Crippen molar-refractivity contribution < 1.29 is 4.79 Å². The number of carbonyl (C=O) groups is 1. The molecule has 4 nitrogen and oxygen atoms in total. The van der Waals surface area contributed by atoms with Crippen LogP contribution in [0.3, 0.4) is 0 Å². The number of hydrazone groups is 1. The first-order valence-corrected chi connectivity index (χ1v) is 9.93. The SMILES string of the molecule is Cc1ccccc1C1CC(c2ccccc2Cl)=NN1C(=O)CN1CCCC1. The highest BCUT2D eigenvalue weighted by Crippen LogP contribution is 2.35. The lowest BCUT2D eigenvalue weighted by atomic mass is 9.95.